The van der Waals surface area contributed by atoms with E-state index in [1.54, 1.807) is 0 Å². The summed E-state index contributed by atoms with van der Waals surface area (Å²) >= 11 is 0. The molecule has 27 heavy (non-hydrogen) atoms. The number of carbonyl (C=O) groups is 1. The second-order valence-electron chi connectivity index (χ2n) is 8.48. The van der Waals surface area contributed by atoms with Gasteiger partial charge in [-0.25, -0.2) is 0 Å². The van der Waals surface area contributed by atoms with E-state index in [9.17, 15) is 4.79 Å². The van der Waals surface area contributed by atoms with Gasteiger partial charge in [0, 0.05) is 17.5 Å². The highest BCUT2D eigenvalue weighted by molar-refractivity contribution is 6.05. The van der Waals surface area contributed by atoms with Crippen molar-refractivity contribution in [3.8, 4) is 5.75 Å². The molecule has 2 aromatic rings. The molecule has 1 atom stereocenters. The molecule has 1 saturated heterocycles. The maximum atomic E-state index is 13.1. The average Bonchev–Trinajstić information content (AvgIpc) is 3.19. The maximum Gasteiger partial charge on any atom is 0.170 e. The Bertz CT molecular complexity index is 868. The van der Waals surface area contributed by atoms with E-state index in [-0.39, 0.29) is 5.41 Å². The van der Waals surface area contributed by atoms with Gasteiger partial charge in [-0.05, 0) is 74.0 Å². The number of nitrogens with zero attached hydrogens (tertiary/aromatic N) is 1. The Morgan fingerprint density at radius 3 is 2.52 bits per heavy atom. The number of ketones is 1. The molecule has 0 radical (unpaired) electrons. The number of hydrogen-bond donors (Lipinski definition) is 0. The molecule has 3 aliphatic rings. The zero-order valence-electron chi connectivity index (χ0n) is 15.9. The minimum atomic E-state index is -0.252. The van der Waals surface area contributed by atoms with E-state index in [1.807, 2.05) is 18.2 Å². The molecule has 1 heterocycles. The molecule has 5 rings (SSSR count). The van der Waals surface area contributed by atoms with E-state index < -0.39 is 0 Å². The first kappa shape index (κ1) is 17.0. The molecular weight excluding hydrogens is 334 g/mol. The molecule has 2 aliphatic carbocycles. The number of fused-ring (bicyclic) bond motifs is 2. The van der Waals surface area contributed by atoms with Gasteiger partial charge in [-0.2, -0.15) is 0 Å². The van der Waals surface area contributed by atoms with E-state index >= 15 is 0 Å². The van der Waals surface area contributed by atoms with Crippen LogP contribution in [-0.4, -0.2) is 36.9 Å². The summed E-state index contributed by atoms with van der Waals surface area (Å²) in [5.41, 5.74) is 4.51. The molecule has 0 saturated carbocycles. The summed E-state index contributed by atoms with van der Waals surface area (Å²) in [4.78, 5) is 15.6. The normalized spacial score (nSPS) is 24.2. The van der Waals surface area contributed by atoms with E-state index in [0.29, 0.717) is 5.78 Å². The Morgan fingerprint density at radius 2 is 1.67 bits per heavy atom. The Labute approximate surface area is 161 Å². The summed E-state index contributed by atoms with van der Waals surface area (Å²) in [6.07, 6.45) is 6.59. The second kappa shape index (κ2) is 6.79. The number of ether oxygens (including phenoxy) is 1. The molecule has 3 nitrogen and oxygen atoms in total. The van der Waals surface area contributed by atoms with Gasteiger partial charge in [0.25, 0.3) is 0 Å². The molecular formula is C24H27NO2. The van der Waals surface area contributed by atoms with Gasteiger partial charge in [0.05, 0.1) is 0 Å². The van der Waals surface area contributed by atoms with Crippen molar-refractivity contribution in [2.24, 2.45) is 5.41 Å². The van der Waals surface area contributed by atoms with Crippen LogP contribution in [0.15, 0.2) is 42.5 Å². The Morgan fingerprint density at radius 1 is 0.889 bits per heavy atom. The molecule has 140 valence electrons. The molecule has 0 N–H and O–H groups in total. The highest BCUT2D eigenvalue weighted by Gasteiger charge is 2.48. The zero-order valence-corrected chi connectivity index (χ0v) is 15.9. The highest BCUT2D eigenvalue weighted by atomic mass is 16.5. The van der Waals surface area contributed by atoms with Gasteiger partial charge in [0.15, 0.2) is 5.78 Å². The van der Waals surface area contributed by atoms with Crippen molar-refractivity contribution in [3.05, 3.63) is 64.7 Å². The first-order chi connectivity index (χ1) is 13.2. The van der Waals surface area contributed by atoms with Crippen LogP contribution in [0.25, 0.3) is 0 Å². The van der Waals surface area contributed by atoms with Crippen molar-refractivity contribution in [3.63, 3.8) is 0 Å². The van der Waals surface area contributed by atoms with Crippen LogP contribution in [0.1, 0.15) is 46.3 Å². The van der Waals surface area contributed by atoms with Gasteiger partial charge in [-0.15, -0.1) is 0 Å². The monoisotopic (exact) mass is 361 g/mol. The van der Waals surface area contributed by atoms with Crippen LogP contribution in [0, 0.1) is 5.41 Å². The maximum absolute atomic E-state index is 13.1. The third-order valence-electron chi connectivity index (χ3n) is 6.63. The molecule has 1 unspecified atom stereocenters. The quantitative estimate of drug-likeness (QED) is 0.822. The third-order valence-corrected chi connectivity index (χ3v) is 6.63. The SMILES string of the molecule is O=C1c2ccccc2CC12Cc1ccc(OCCN3CCCCC3)cc1C2. The second-order valence-corrected chi connectivity index (χ2v) is 8.48. The van der Waals surface area contributed by atoms with Crippen molar-refractivity contribution in [2.45, 2.75) is 38.5 Å². The average molecular weight is 361 g/mol. The fourth-order valence-corrected chi connectivity index (χ4v) is 5.21. The number of hydrogen-bond acceptors (Lipinski definition) is 3. The molecule has 0 bridgehead atoms. The molecule has 2 aromatic carbocycles. The lowest BCUT2D eigenvalue weighted by Gasteiger charge is -2.26. The lowest BCUT2D eigenvalue weighted by molar-refractivity contribution is 0.0831. The summed E-state index contributed by atoms with van der Waals surface area (Å²) in [6, 6.07) is 14.6. The van der Waals surface area contributed by atoms with Crippen LogP contribution in [0.5, 0.6) is 5.75 Å². The molecule has 1 fully saturated rings. The number of piperidine rings is 1. The molecule has 3 heteroatoms. The number of benzene rings is 2. The highest BCUT2D eigenvalue weighted by Crippen LogP contribution is 2.47. The summed E-state index contributed by atoms with van der Waals surface area (Å²) in [7, 11) is 0. The van der Waals surface area contributed by atoms with Crippen LogP contribution in [0.2, 0.25) is 0 Å². The topological polar surface area (TPSA) is 29.5 Å². The van der Waals surface area contributed by atoms with E-state index in [1.165, 1.54) is 49.0 Å². The van der Waals surface area contributed by atoms with Crippen LogP contribution >= 0.6 is 0 Å². The van der Waals surface area contributed by atoms with Crippen LogP contribution in [0.3, 0.4) is 0 Å². The van der Waals surface area contributed by atoms with Crippen molar-refractivity contribution >= 4 is 5.78 Å². The van der Waals surface area contributed by atoms with E-state index in [2.05, 4.69) is 29.2 Å². The predicted molar refractivity (Wildman–Crippen MR) is 107 cm³/mol. The lowest BCUT2D eigenvalue weighted by atomic mass is 9.81. The minimum absolute atomic E-state index is 0.252. The van der Waals surface area contributed by atoms with Gasteiger partial charge in [-0.3, -0.25) is 9.69 Å². The number of likely N-dealkylation sites (tertiary alicyclic amines) is 1. The largest absolute Gasteiger partial charge is 0.492 e. The first-order valence-corrected chi connectivity index (χ1v) is 10.3. The van der Waals surface area contributed by atoms with Gasteiger partial charge in [-0.1, -0.05) is 36.8 Å². The number of Topliss-reactive ketones (excluding diaryl/α,β-unsaturated/α-hetero) is 1. The first-order valence-electron chi connectivity index (χ1n) is 10.3. The summed E-state index contributed by atoms with van der Waals surface area (Å²) in [6.45, 7) is 4.17. The van der Waals surface area contributed by atoms with E-state index in [4.69, 9.17) is 4.74 Å². The Kier molecular flexibility index (Phi) is 4.28. The lowest BCUT2D eigenvalue weighted by Crippen LogP contribution is -2.33. The van der Waals surface area contributed by atoms with Crippen LogP contribution in [0.4, 0.5) is 0 Å². The Hall–Kier alpha value is -2.13. The predicted octanol–water partition coefficient (Wildman–Crippen LogP) is 4.08. The fourth-order valence-electron chi connectivity index (χ4n) is 5.21. The molecule has 1 spiro atoms. The van der Waals surface area contributed by atoms with Gasteiger partial charge in [0.1, 0.15) is 12.4 Å². The minimum Gasteiger partial charge on any atom is -0.492 e. The van der Waals surface area contributed by atoms with E-state index in [0.717, 1.165) is 43.7 Å². The zero-order chi connectivity index (χ0) is 18.3. The molecule has 0 aromatic heterocycles. The van der Waals surface area contributed by atoms with Crippen LogP contribution in [-0.2, 0) is 19.3 Å². The third kappa shape index (κ3) is 3.08. The summed E-state index contributed by atoms with van der Waals surface area (Å²) in [5.74, 6) is 1.28. The summed E-state index contributed by atoms with van der Waals surface area (Å²) < 4.78 is 6.05. The number of rotatable bonds is 4. The number of carbonyl (C=O) groups excluding carboxylic acids is 1. The Balaban J connectivity index is 1.26. The van der Waals surface area contributed by atoms with Gasteiger partial charge >= 0.3 is 0 Å². The van der Waals surface area contributed by atoms with Crippen molar-refractivity contribution in [1.29, 1.82) is 0 Å². The molecule has 0 amide bonds. The smallest absolute Gasteiger partial charge is 0.170 e. The standard InChI is InChI=1S/C24H27NO2/c26-23-22-7-3-2-6-19(22)16-24(23)15-18-8-9-21(14-20(18)17-24)27-13-12-25-10-4-1-5-11-25/h2-3,6-9,14H,1,4-5,10-13,15-17H2. The fraction of sp³-hybridized carbons (Fsp3) is 0.458. The van der Waals surface area contributed by atoms with Crippen molar-refractivity contribution in [1.82, 2.24) is 4.90 Å². The summed E-state index contributed by atoms with van der Waals surface area (Å²) in [5, 5.41) is 0. The molecule has 1 aliphatic heterocycles. The van der Waals surface area contributed by atoms with Crippen molar-refractivity contribution < 1.29 is 9.53 Å². The van der Waals surface area contributed by atoms with Gasteiger partial charge < -0.3 is 4.74 Å². The van der Waals surface area contributed by atoms with Gasteiger partial charge in [0.2, 0.25) is 0 Å². The van der Waals surface area contributed by atoms with Crippen molar-refractivity contribution in [2.75, 3.05) is 26.2 Å². The van der Waals surface area contributed by atoms with Crippen LogP contribution < -0.4 is 4.74 Å².